The summed E-state index contributed by atoms with van der Waals surface area (Å²) in [6.45, 7) is 0. The number of benzene rings is 2. The zero-order valence-corrected chi connectivity index (χ0v) is 9.28. The molecule has 92 valence electrons. The van der Waals surface area contributed by atoms with Crippen molar-refractivity contribution < 1.29 is 13.6 Å². The van der Waals surface area contributed by atoms with Crippen molar-refractivity contribution in [3.05, 3.63) is 65.7 Å². The lowest BCUT2D eigenvalue weighted by Gasteiger charge is -2.09. The number of halogens is 2. The first-order chi connectivity index (χ1) is 8.66. The Morgan fingerprint density at radius 2 is 1.72 bits per heavy atom. The van der Waals surface area contributed by atoms with Crippen LogP contribution in [-0.2, 0) is 0 Å². The van der Waals surface area contributed by atoms with Crippen LogP contribution in [0.3, 0.4) is 0 Å². The Balaban J connectivity index is 2.04. The highest BCUT2D eigenvalue weighted by Crippen LogP contribution is 2.14. The first-order valence-corrected chi connectivity index (χ1v) is 5.23. The number of nitrogens with one attached hydrogen (secondary N) is 2. The molecule has 0 aromatic heterocycles. The maximum atomic E-state index is 13.2. The second kappa shape index (κ2) is 5.27. The molecule has 0 heterocycles. The Hall–Kier alpha value is -2.43. The van der Waals surface area contributed by atoms with Crippen molar-refractivity contribution in [2.75, 3.05) is 5.43 Å². The van der Waals surface area contributed by atoms with Crippen LogP contribution in [0.25, 0.3) is 0 Å². The minimum Gasteiger partial charge on any atom is -0.295 e. The molecular weight excluding hydrogens is 238 g/mol. The van der Waals surface area contributed by atoms with E-state index in [1.165, 1.54) is 0 Å². The van der Waals surface area contributed by atoms with E-state index in [1.807, 2.05) is 0 Å². The van der Waals surface area contributed by atoms with Crippen LogP contribution in [0.15, 0.2) is 48.5 Å². The zero-order valence-electron chi connectivity index (χ0n) is 9.28. The smallest absolute Gasteiger partial charge is 0.269 e. The molecule has 2 aromatic carbocycles. The summed E-state index contributed by atoms with van der Waals surface area (Å²) in [6.07, 6.45) is 0. The van der Waals surface area contributed by atoms with Crippen LogP contribution < -0.4 is 10.9 Å². The van der Waals surface area contributed by atoms with Gasteiger partial charge in [-0.15, -0.1) is 0 Å². The van der Waals surface area contributed by atoms with Crippen molar-refractivity contribution >= 4 is 11.6 Å². The molecule has 2 rings (SSSR count). The number of anilines is 1. The number of carbonyl (C=O) groups excluding carboxylic acids is 1. The highest BCUT2D eigenvalue weighted by molar-refractivity contribution is 5.94. The molecule has 0 aliphatic heterocycles. The Labute approximate surface area is 102 Å². The average Bonchev–Trinajstić information content (AvgIpc) is 2.40. The lowest BCUT2D eigenvalue weighted by atomic mass is 10.2. The van der Waals surface area contributed by atoms with E-state index in [1.54, 1.807) is 30.3 Å². The van der Waals surface area contributed by atoms with Gasteiger partial charge in [-0.2, -0.15) is 0 Å². The van der Waals surface area contributed by atoms with Crippen LogP contribution >= 0.6 is 0 Å². The Bertz CT molecular complexity index is 558. The van der Waals surface area contributed by atoms with Crippen LogP contribution in [0, 0.1) is 11.6 Å². The Morgan fingerprint density at radius 1 is 1.00 bits per heavy atom. The third-order valence-corrected chi connectivity index (χ3v) is 2.28. The van der Waals surface area contributed by atoms with Crippen LogP contribution in [-0.4, -0.2) is 5.91 Å². The molecule has 0 aliphatic carbocycles. The van der Waals surface area contributed by atoms with Gasteiger partial charge in [-0.3, -0.25) is 15.6 Å². The van der Waals surface area contributed by atoms with Gasteiger partial charge in [0, 0.05) is 11.6 Å². The topological polar surface area (TPSA) is 41.1 Å². The first kappa shape index (κ1) is 12.0. The molecule has 0 atom stereocenters. The fourth-order valence-electron chi connectivity index (χ4n) is 1.38. The fraction of sp³-hybridized carbons (Fsp3) is 0. The van der Waals surface area contributed by atoms with Gasteiger partial charge in [0.2, 0.25) is 0 Å². The molecule has 2 N–H and O–H groups in total. The third-order valence-electron chi connectivity index (χ3n) is 2.28. The molecular formula is C13H10F2N2O. The molecule has 3 nitrogen and oxygen atoms in total. The first-order valence-electron chi connectivity index (χ1n) is 5.23. The van der Waals surface area contributed by atoms with Crippen molar-refractivity contribution in [1.82, 2.24) is 5.43 Å². The van der Waals surface area contributed by atoms with Crippen molar-refractivity contribution in [3.8, 4) is 0 Å². The molecule has 0 aliphatic rings. The van der Waals surface area contributed by atoms with Gasteiger partial charge in [0.15, 0.2) is 0 Å². The van der Waals surface area contributed by atoms with Crippen molar-refractivity contribution in [2.24, 2.45) is 0 Å². The zero-order chi connectivity index (χ0) is 13.0. The van der Waals surface area contributed by atoms with E-state index in [0.29, 0.717) is 5.56 Å². The minimum absolute atomic E-state index is 0.126. The van der Waals surface area contributed by atoms with Gasteiger partial charge in [0.25, 0.3) is 5.91 Å². The summed E-state index contributed by atoms with van der Waals surface area (Å²) in [5.41, 5.74) is 4.92. The molecule has 5 heteroatoms. The summed E-state index contributed by atoms with van der Waals surface area (Å²) in [4.78, 5) is 11.6. The van der Waals surface area contributed by atoms with Gasteiger partial charge in [-0.05, 0) is 24.3 Å². The molecule has 2 aromatic rings. The highest BCUT2D eigenvalue weighted by Gasteiger charge is 2.06. The van der Waals surface area contributed by atoms with E-state index in [9.17, 15) is 13.6 Å². The Morgan fingerprint density at radius 3 is 2.44 bits per heavy atom. The maximum absolute atomic E-state index is 13.2. The van der Waals surface area contributed by atoms with Crippen molar-refractivity contribution in [1.29, 1.82) is 0 Å². The molecule has 0 radical (unpaired) electrons. The van der Waals surface area contributed by atoms with Crippen LogP contribution in [0.1, 0.15) is 10.4 Å². The molecule has 0 bridgehead atoms. The van der Waals surface area contributed by atoms with E-state index in [-0.39, 0.29) is 5.69 Å². The standard InChI is InChI=1S/C13H10F2N2O/c14-10-6-7-11(15)12(8-10)16-17-13(18)9-4-2-1-3-5-9/h1-8,16H,(H,17,18). The summed E-state index contributed by atoms with van der Waals surface area (Å²) in [7, 11) is 0. The number of hydrogen-bond donors (Lipinski definition) is 2. The van der Waals surface area contributed by atoms with Gasteiger partial charge in [-0.1, -0.05) is 18.2 Å². The second-order valence-corrected chi connectivity index (χ2v) is 3.57. The maximum Gasteiger partial charge on any atom is 0.269 e. The number of amides is 1. The predicted octanol–water partition coefficient (Wildman–Crippen LogP) is 2.72. The lowest BCUT2D eigenvalue weighted by molar-refractivity contribution is 0.0962. The van der Waals surface area contributed by atoms with Crippen LogP contribution in [0.4, 0.5) is 14.5 Å². The van der Waals surface area contributed by atoms with Gasteiger partial charge >= 0.3 is 0 Å². The van der Waals surface area contributed by atoms with E-state index in [2.05, 4.69) is 10.9 Å². The minimum atomic E-state index is -0.648. The Kier molecular flexibility index (Phi) is 3.52. The quantitative estimate of drug-likeness (QED) is 0.820. The van der Waals surface area contributed by atoms with Gasteiger partial charge < -0.3 is 0 Å². The normalized spacial score (nSPS) is 9.89. The van der Waals surface area contributed by atoms with Crippen LogP contribution in [0.2, 0.25) is 0 Å². The predicted molar refractivity (Wildman–Crippen MR) is 63.9 cm³/mol. The average molecular weight is 248 g/mol. The molecule has 0 saturated heterocycles. The SMILES string of the molecule is O=C(NNc1cc(F)ccc1F)c1ccccc1. The summed E-state index contributed by atoms with van der Waals surface area (Å²) in [5.74, 6) is -1.67. The molecule has 0 fully saturated rings. The molecule has 0 unspecified atom stereocenters. The summed E-state index contributed by atoms with van der Waals surface area (Å²) in [5, 5.41) is 0. The molecule has 0 spiro atoms. The van der Waals surface area contributed by atoms with Crippen molar-refractivity contribution in [3.63, 3.8) is 0 Å². The van der Waals surface area contributed by atoms with Gasteiger partial charge in [0.05, 0.1) is 5.69 Å². The summed E-state index contributed by atoms with van der Waals surface area (Å²) in [6, 6.07) is 11.3. The van der Waals surface area contributed by atoms with E-state index in [0.717, 1.165) is 18.2 Å². The number of rotatable bonds is 3. The lowest BCUT2D eigenvalue weighted by Crippen LogP contribution is -2.29. The fourth-order valence-corrected chi connectivity index (χ4v) is 1.38. The third kappa shape index (κ3) is 2.82. The van der Waals surface area contributed by atoms with Crippen LogP contribution in [0.5, 0.6) is 0 Å². The van der Waals surface area contributed by atoms with E-state index >= 15 is 0 Å². The summed E-state index contributed by atoms with van der Waals surface area (Å²) >= 11 is 0. The number of hydrogen-bond acceptors (Lipinski definition) is 2. The number of carbonyl (C=O) groups is 1. The molecule has 0 saturated carbocycles. The van der Waals surface area contributed by atoms with E-state index < -0.39 is 17.5 Å². The largest absolute Gasteiger partial charge is 0.295 e. The summed E-state index contributed by atoms with van der Waals surface area (Å²) < 4.78 is 26.1. The van der Waals surface area contributed by atoms with Crippen molar-refractivity contribution in [2.45, 2.75) is 0 Å². The highest BCUT2D eigenvalue weighted by atomic mass is 19.1. The van der Waals surface area contributed by atoms with Gasteiger partial charge in [-0.25, -0.2) is 8.78 Å². The monoisotopic (exact) mass is 248 g/mol. The molecule has 1 amide bonds. The molecule has 18 heavy (non-hydrogen) atoms. The second-order valence-electron chi connectivity index (χ2n) is 3.57. The van der Waals surface area contributed by atoms with Gasteiger partial charge in [0.1, 0.15) is 11.6 Å². The van der Waals surface area contributed by atoms with E-state index in [4.69, 9.17) is 0 Å². The number of hydrazine groups is 1.